The molecule has 0 amide bonds. The Morgan fingerprint density at radius 1 is 0.929 bits per heavy atom. The largest absolute Gasteiger partial charge is 0.453 e. The molecule has 5 aliphatic rings. The first-order chi connectivity index (χ1) is 13.6. The Hall–Kier alpha value is -1.35. The molecule has 1 heterocycles. The Labute approximate surface area is 169 Å². The number of hydrogen-bond donors (Lipinski definition) is 0. The monoisotopic (exact) mass is 381 g/mol. The van der Waals surface area contributed by atoms with Gasteiger partial charge < -0.3 is 9.64 Å². The van der Waals surface area contributed by atoms with Crippen LogP contribution in [0, 0.1) is 29.1 Å². The maximum Gasteiger partial charge on any atom is 0.311 e. The van der Waals surface area contributed by atoms with Gasteiger partial charge in [-0.25, -0.2) is 0 Å². The van der Waals surface area contributed by atoms with Crippen LogP contribution in [0.15, 0.2) is 30.3 Å². The number of cyclic esters (lactones) is 1. The van der Waals surface area contributed by atoms with Gasteiger partial charge in [0, 0.05) is 18.4 Å². The minimum absolute atomic E-state index is 0.00751. The van der Waals surface area contributed by atoms with Gasteiger partial charge in [-0.05, 0) is 74.9 Å². The molecule has 6 rings (SSSR count). The lowest BCUT2D eigenvalue weighted by Crippen LogP contribution is -2.56. The molecule has 1 aromatic rings. The molecule has 0 spiro atoms. The van der Waals surface area contributed by atoms with Crippen LogP contribution in [0.4, 0.5) is 0 Å². The van der Waals surface area contributed by atoms with E-state index in [0.717, 1.165) is 43.8 Å². The minimum Gasteiger partial charge on any atom is -0.453 e. The van der Waals surface area contributed by atoms with Crippen molar-refractivity contribution in [1.82, 2.24) is 4.90 Å². The summed E-state index contributed by atoms with van der Waals surface area (Å²) in [7, 11) is 0. The Morgan fingerprint density at radius 2 is 1.50 bits per heavy atom. The van der Waals surface area contributed by atoms with Crippen molar-refractivity contribution in [2.75, 3.05) is 19.6 Å². The van der Waals surface area contributed by atoms with Gasteiger partial charge in [0.25, 0.3) is 0 Å². The molecule has 28 heavy (non-hydrogen) atoms. The molecule has 4 saturated carbocycles. The SMILES string of the molecule is CCN(CC)CC1CC(c2ccccc2)(C23CC4CC(CC(C4)C2)C3)OC1=O. The van der Waals surface area contributed by atoms with Crippen LogP contribution in [-0.2, 0) is 15.1 Å². The van der Waals surface area contributed by atoms with Gasteiger partial charge in [0.2, 0.25) is 0 Å². The molecule has 1 aromatic carbocycles. The van der Waals surface area contributed by atoms with Crippen molar-refractivity contribution in [3.63, 3.8) is 0 Å². The minimum atomic E-state index is -0.404. The summed E-state index contributed by atoms with van der Waals surface area (Å²) >= 11 is 0. The van der Waals surface area contributed by atoms with Crippen LogP contribution in [0.2, 0.25) is 0 Å². The highest BCUT2D eigenvalue weighted by Crippen LogP contribution is 2.69. The summed E-state index contributed by atoms with van der Waals surface area (Å²) in [6.07, 6.45) is 8.92. The molecule has 4 aliphatic carbocycles. The van der Waals surface area contributed by atoms with E-state index in [0.29, 0.717) is 0 Å². The first-order valence-corrected chi connectivity index (χ1v) is 11.6. The smallest absolute Gasteiger partial charge is 0.311 e. The van der Waals surface area contributed by atoms with Crippen LogP contribution in [0.3, 0.4) is 0 Å². The van der Waals surface area contributed by atoms with E-state index in [1.807, 2.05) is 0 Å². The summed E-state index contributed by atoms with van der Waals surface area (Å²) in [6.45, 7) is 7.21. The topological polar surface area (TPSA) is 29.5 Å². The average molecular weight is 382 g/mol. The van der Waals surface area contributed by atoms with Crippen LogP contribution in [0.5, 0.6) is 0 Å². The van der Waals surface area contributed by atoms with E-state index in [2.05, 4.69) is 49.1 Å². The fourth-order valence-electron chi connectivity index (χ4n) is 7.78. The van der Waals surface area contributed by atoms with Crippen molar-refractivity contribution in [2.45, 2.75) is 64.4 Å². The van der Waals surface area contributed by atoms with Gasteiger partial charge in [0.1, 0.15) is 5.60 Å². The molecule has 0 aromatic heterocycles. The van der Waals surface area contributed by atoms with E-state index >= 15 is 0 Å². The van der Waals surface area contributed by atoms with E-state index in [4.69, 9.17) is 4.74 Å². The highest BCUT2D eigenvalue weighted by Gasteiger charge is 2.66. The van der Waals surface area contributed by atoms with Crippen molar-refractivity contribution < 1.29 is 9.53 Å². The second-order valence-electron chi connectivity index (χ2n) is 10.2. The Bertz CT molecular complexity index is 690. The Kier molecular flexibility index (Phi) is 4.58. The summed E-state index contributed by atoms with van der Waals surface area (Å²) in [4.78, 5) is 15.6. The third-order valence-electron chi connectivity index (χ3n) is 8.65. The van der Waals surface area contributed by atoms with Crippen LogP contribution in [0.1, 0.15) is 64.4 Å². The summed E-state index contributed by atoms with van der Waals surface area (Å²) < 4.78 is 6.56. The number of hydrogen-bond acceptors (Lipinski definition) is 3. The zero-order chi connectivity index (χ0) is 19.4. The summed E-state index contributed by atoms with van der Waals surface area (Å²) in [5.74, 6) is 2.62. The molecular weight excluding hydrogens is 346 g/mol. The molecule has 2 unspecified atom stereocenters. The Balaban J connectivity index is 1.54. The van der Waals surface area contributed by atoms with Gasteiger partial charge in [-0.15, -0.1) is 0 Å². The quantitative estimate of drug-likeness (QED) is 0.649. The van der Waals surface area contributed by atoms with Gasteiger partial charge >= 0.3 is 5.97 Å². The number of benzene rings is 1. The maximum absolute atomic E-state index is 13.2. The van der Waals surface area contributed by atoms with E-state index < -0.39 is 5.60 Å². The van der Waals surface area contributed by atoms with Crippen LogP contribution in [-0.4, -0.2) is 30.5 Å². The lowest BCUT2D eigenvalue weighted by Gasteiger charge is -2.62. The van der Waals surface area contributed by atoms with E-state index in [1.54, 1.807) is 0 Å². The number of carbonyl (C=O) groups is 1. The predicted molar refractivity (Wildman–Crippen MR) is 111 cm³/mol. The number of ether oxygens (including phenoxy) is 1. The second kappa shape index (κ2) is 6.86. The van der Waals surface area contributed by atoms with Gasteiger partial charge in [-0.3, -0.25) is 4.79 Å². The highest BCUT2D eigenvalue weighted by molar-refractivity contribution is 5.76. The second-order valence-corrected chi connectivity index (χ2v) is 10.2. The van der Waals surface area contributed by atoms with Crippen LogP contribution < -0.4 is 0 Å². The third-order valence-corrected chi connectivity index (χ3v) is 8.65. The first-order valence-electron chi connectivity index (χ1n) is 11.6. The van der Waals surface area contributed by atoms with Crippen molar-refractivity contribution >= 4 is 5.97 Å². The van der Waals surface area contributed by atoms with Gasteiger partial charge in [-0.1, -0.05) is 44.2 Å². The average Bonchev–Trinajstić information content (AvgIpc) is 3.04. The molecular formula is C25H35NO2. The first kappa shape index (κ1) is 18.7. The molecule has 2 atom stereocenters. The summed E-state index contributed by atoms with van der Waals surface area (Å²) in [6, 6.07) is 10.8. The number of carbonyl (C=O) groups excluding carboxylic acids is 1. The van der Waals surface area contributed by atoms with Crippen LogP contribution >= 0.6 is 0 Å². The zero-order valence-corrected chi connectivity index (χ0v) is 17.5. The fraction of sp³-hybridized carbons (Fsp3) is 0.720. The lowest BCUT2D eigenvalue weighted by atomic mass is 9.44. The molecule has 0 N–H and O–H groups in total. The standard InChI is InChI=1S/C25H35NO2/c1-3-26(4-2)17-21-16-25(28-23(21)27,22-8-6-5-7-9-22)24-13-18-10-19(14-24)12-20(11-18)15-24/h5-9,18-21H,3-4,10-17H2,1-2H3. The van der Waals surface area contributed by atoms with Crippen molar-refractivity contribution in [3.05, 3.63) is 35.9 Å². The van der Waals surface area contributed by atoms with Crippen LogP contribution in [0.25, 0.3) is 0 Å². The van der Waals surface area contributed by atoms with E-state index in [-0.39, 0.29) is 17.3 Å². The van der Waals surface area contributed by atoms with E-state index in [1.165, 1.54) is 44.1 Å². The zero-order valence-electron chi connectivity index (χ0n) is 17.5. The summed E-state index contributed by atoms with van der Waals surface area (Å²) in [5.41, 5.74) is 1.02. The number of rotatable bonds is 6. The fourth-order valence-corrected chi connectivity index (χ4v) is 7.78. The van der Waals surface area contributed by atoms with Gasteiger partial charge in [0.05, 0.1) is 5.92 Å². The molecule has 1 aliphatic heterocycles. The number of esters is 1. The van der Waals surface area contributed by atoms with Gasteiger partial charge in [0.15, 0.2) is 0 Å². The molecule has 152 valence electrons. The Morgan fingerprint density at radius 3 is 2.04 bits per heavy atom. The molecule has 3 heteroatoms. The normalized spacial score (nSPS) is 41.6. The molecule has 0 radical (unpaired) electrons. The maximum atomic E-state index is 13.2. The summed E-state index contributed by atoms with van der Waals surface area (Å²) in [5, 5.41) is 0. The van der Waals surface area contributed by atoms with Crippen molar-refractivity contribution in [2.24, 2.45) is 29.1 Å². The van der Waals surface area contributed by atoms with Gasteiger partial charge in [-0.2, -0.15) is 0 Å². The van der Waals surface area contributed by atoms with Crippen molar-refractivity contribution in [1.29, 1.82) is 0 Å². The highest BCUT2D eigenvalue weighted by atomic mass is 16.6. The van der Waals surface area contributed by atoms with E-state index in [9.17, 15) is 4.79 Å². The lowest BCUT2D eigenvalue weighted by molar-refractivity contribution is -0.198. The number of nitrogens with zero attached hydrogens (tertiary/aromatic N) is 1. The third kappa shape index (κ3) is 2.76. The van der Waals surface area contributed by atoms with Crippen molar-refractivity contribution in [3.8, 4) is 0 Å². The predicted octanol–water partition coefficient (Wildman–Crippen LogP) is 5.00. The molecule has 4 bridgehead atoms. The molecule has 3 nitrogen and oxygen atoms in total. The molecule has 1 saturated heterocycles. The molecule has 5 fully saturated rings.